The Labute approximate surface area is 122 Å². The zero-order valence-corrected chi connectivity index (χ0v) is 12.2. The van der Waals surface area contributed by atoms with Crippen molar-refractivity contribution in [1.82, 2.24) is 0 Å². The van der Waals surface area contributed by atoms with Gasteiger partial charge in [0.1, 0.15) is 13.1 Å². The van der Waals surface area contributed by atoms with E-state index in [1.165, 1.54) is 4.90 Å². The third kappa shape index (κ3) is 3.60. The van der Waals surface area contributed by atoms with Crippen LogP contribution in [0, 0.1) is 0 Å². The smallest absolute Gasteiger partial charge is 0.282 e. The summed E-state index contributed by atoms with van der Waals surface area (Å²) in [7, 11) is 0. The van der Waals surface area contributed by atoms with Gasteiger partial charge < -0.3 is 15.0 Å². The number of para-hydroxylation sites is 1. The number of ether oxygens (including phenoxy) is 1. The zero-order valence-electron chi connectivity index (χ0n) is 10.7. The summed E-state index contributed by atoms with van der Waals surface area (Å²) < 4.78 is 5.29. The number of hydrogen-bond acceptors (Lipinski definition) is 2. The van der Waals surface area contributed by atoms with E-state index in [2.05, 4.69) is 5.32 Å². The van der Waals surface area contributed by atoms with Gasteiger partial charge in [-0.25, -0.2) is 0 Å². The van der Waals surface area contributed by atoms with Crippen molar-refractivity contribution in [2.24, 2.45) is 0 Å². The van der Waals surface area contributed by atoms with Crippen LogP contribution in [0.15, 0.2) is 18.2 Å². The molecule has 1 amide bonds. The van der Waals surface area contributed by atoms with Crippen molar-refractivity contribution in [1.29, 1.82) is 0 Å². The summed E-state index contributed by atoms with van der Waals surface area (Å²) in [4.78, 5) is 13.4. The summed E-state index contributed by atoms with van der Waals surface area (Å²) in [5, 5.41) is 3.71. The number of anilines is 1. The van der Waals surface area contributed by atoms with Gasteiger partial charge in [-0.05, 0) is 19.1 Å². The molecule has 1 aromatic rings. The predicted molar refractivity (Wildman–Crippen MR) is 76.1 cm³/mol. The lowest BCUT2D eigenvalue weighted by Crippen LogP contribution is -3.18. The lowest BCUT2D eigenvalue weighted by molar-refractivity contribution is -0.921. The van der Waals surface area contributed by atoms with E-state index in [9.17, 15) is 4.79 Å². The molecule has 1 saturated heterocycles. The van der Waals surface area contributed by atoms with Gasteiger partial charge in [0, 0.05) is 0 Å². The van der Waals surface area contributed by atoms with Crippen LogP contribution < -0.4 is 10.2 Å². The molecule has 1 fully saturated rings. The van der Waals surface area contributed by atoms with E-state index in [1.807, 2.05) is 6.92 Å². The molecule has 104 valence electrons. The van der Waals surface area contributed by atoms with E-state index in [-0.39, 0.29) is 11.9 Å². The topological polar surface area (TPSA) is 42.8 Å². The molecule has 0 aromatic heterocycles. The minimum atomic E-state index is -0.156. The minimum Gasteiger partial charge on any atom is -0.370 e. The number of carbonyl (C=O) groups excluding carboxylic acids is 1. The summed E-state index contributed by atoms with van der Waals surface area (Å²) in [6.07, 6.45) is 0. The normalized spacial score (nSPS) is 18.1. The molecule has 0 aliphatic carbocycles. The van der Waals surface area contributed by atoms with Crippen molar-refractivity contribution in [2.75, 3.05) is 31.6 Å². The van der Waals surface area contributed by atoms with Crippen LogP contribution in [0.1, 0.15) is 6.92 Å². The maximum atomic E-state index is 12.2. The maximum absolute atomic E-state index is 12.2. The van der Waals surface area contributed by atoms with Crippen molar-refractivity contribution >= 4 is 34.8 Å². The summed E-state index contributed by atoms with van der Waals surface area (Å²) in [5.74, 6) is -0.0769. The largest absolute Gasteiger partial charge is 0.370 e. The summed E-state index contributed by atoms with van der Waals surface area (Å²) in [6.45, 7) is 4.97. The first-order valence-corrected chi connectivity index (χ1v) is 7.02. The van der Waals surface area contributed by atoms with E-state index >= 15 is 0 Å². The van der Waals surface area contributed by atoms with Crippen LogP contribution >= 0.6 is 23.2 Å². The maximum Gasteiger partial charge on any atom is 0.282 e. The molecule has 4 nitrogen and oxygen atoms in total. The second kappa shape index (κ2) is 6.57. The first kappa shape index (κ1) is 14.6. The van der Waals surface area contributed by atoms with Gasteiger partial charge in [0.25, 0.3) is 5.91 Å². The quantitative estimate of drug-likeness (QED) is 0.882. The highest BCUT2D eigenvalue weighted by Gasteiger charge is 2.27. The Morgan fingerprint density at radius 1 is 1.32 bits per heavy atom. The Balaban J connectivity index is 2.04. The zero-order chi connectivity index (χ0) is 13.8. The van der Waals surface area contributed by atoms with Crippen LogP contribution in [0.5, 0.6) is 0 Å². The van der Waals surface area contributed by atoms with Crippen LogP contribution in [0.3, 0.4) is 0 Å². The predicted octanol–water partition coefficient (Wildman–Crippen LogP) is 1.24. The monoisotopic (exact) mass is 303 g/mol. The fraction of sp³-hybridized carbons (Fsp3) is 0.462. The van der Waals surface area contributed by atoms with Crippen molar-refractivity contribution in [3.8, 4) is 0 Å². The number of morpholine rings is 1. The van der Waals surface area contributed by atoms with E-state index < -0.39 is 0 Å². The number of rotatable bonds is 3. The molecule has 2 rings (SSSR count). The third-order valence-electron chi connectivity index (χ3n) is 3.35. The highest BCUT2D eigenvalue weighted by Crippen LogP contribution is 2.29. The lowest BCUT2D eigenvalue weighted by atomic mass is 10.2. The molecule has 0 saturated carbocycles. The van der Waals surface area contributed by atoms with Gasteiger partial charge in [0.2, 0.25) is 0 Å². The van der Waals surface area contributed by atoms with Gasteiger partial charge in [-0.3, -0.25) is 4.79 Å². The highest BCUT2D eigenvalue weighted by molar-refractivity contribution is 6.39. The van der Waals surface area contributed by atoms with E-state index in [0.29, 0.717) is 28.9 Å². The minimum absolute atomic E-state index is 0.0769. The van der Waals surface area contributed by atoms with Crippen LogP contribution in [-0.2, 0) is 9.53 Å². The number of quaternary nitrogens is 1. The average Bonchev–Trinajstić information content (AvgIpc) is 2.43. The molecule has 2 N–H and O–H groups in total. The van der Waals surface area contributed by atoms with Gasteiger partial charge in [0.05, 0.1) is 28.9 Å². The molecule has 0 spiro atoms. The molecule has 1 aromatic carbocycles. The van der Waals surface area contributed by atoms with Crippen LogP contribution in [0.2, 0.25) is 10.0 Å². The molecule has 0 unspecified atom stereocenters. The molecule has 1 aliphatic rings. The SMILES string of the molecule is C[C@H](C(=O)Nc1c(Cl)cccc1Cl)[NH+]1CCOCC1. The number of hydrogen-bond donors (Lipinski definition) is 2. The highest BCUT2D eigenvalue weighted by atomic mass is 35.5. The number of benzene rings is 1. The first-order valence-electron chi connectivity index (χ1n) is 6.27. The molecule has 1 heterocycles. The second-order valence-corrected chi connectivity index (χ2v) is 5.39. The van der Waals surface area contributed by atoms with E-state index in [1.54, 1.807) is 18.2 Å². The Hall–Kier alpha value is -0.810. The molecule has 0 radical (unpaired) electrons. The Bertz CT molecular complexity index is 442. The van der Waals surface area contributed by atoms with E-state index in [0.717, 1.165) is 13.1 Å². The Morgan fingerprint density at radius 3 is 2.47 bits per heavy atom. The van der Waals surface area contributed by atoms with Crippen LogP contribution in [-0.4, -0.2) is 38.3 Å². The molecular weight excluding hydrogens is 287 g/mol. The van der Waals surface area contributed by atoms with Crippen molar-refractivity contribution < 1.29 is 14.4 Å². The fourth-order valence-electron chi connectivity index (χ4n) is 2.10. The fourth-order valence-corrected chi connectivity index (χ4v) is 2.59. The molecule has 6 heteroatoms. The second-order valence-electron chi connectivity index (χ2n) is 4.58. The Morgan fingerprint density at radius 2 is 1.89 bits per heavy atom. The average molecular weight is 304 g/mol. The lowest BCUT2D eigenvalue weighted by Gasteiger charge is -2.28. The van der Waals surface area contributed by atoms with Crippen molar-refractivity contribution in [2.45, 2.75) is 13.0 Å². The van der Waals surface area contributed by atoms with Crippen molar-refractivity contribution in [3.05, 3.63) is 28.2 Å². The Kier molecular flexibility index (Phi) is 5.05. The summed E-state index contributed by atoms with van der Waals surface area (Å²) in [5.41, 5.74) is 0.482. The van der Waals surface area contributed by atoms with Gasteiger partial charge in [-0.15, -0.1) is 0 Å². The number of amides is 1. The number of halogens is 2. The summed E-state index contributed by atoms with van der Waals surface area (Å²) in [6, 6.07) is 5.00. The molecule has 1 atom stereocenters. The van der Waals surface area contributed by atoms with Gasteiger partial charge in [-0.1, -0.05) is 29.3 Å². The van der Waals surface area contributed by atoms with Gasteiger partial charge >= 0.3 is 0 Å². The first-order chi connectivity index (χ1) is 9.09. The molecule has 1 aliphatic heterocycles. The third-order valence-corrected chi connectivity index (χ3v) is 3.98. The van der Waals surface area contributed by atoms with Crippen LogP contribution in [0.4, 0.5) is 5.69 Å². The molecule has 19 heavy (non-hydrogen) atoms. The summed E-state index contributed by atoms with van der Waals surface area (Å²) >= 11 is 12.1. The van der Waals surface area contributed by atoms with Gasteiger partial charge in [0.15, 0.2) is 6.04 Å². The molecular formula is C13H17Cl2N2O2+. The molecule has 0 bridgehead atoms. The van der Waals surface area contributed by atoms with E-state index in [4.69, 9.17) is 27.9 Å². The van der Waals surface area contributed by atoms with Crippen molar-refractivity contribution in [3.63, 3.8) is 0 Å². The number of nitrogens with one attached hydrogen (secondary N) is 2. The number of carbonyl (C=O) groups is 1. The van der Waals surface area contributed by atoms with Gasteiger partial charge in [-0.2, -0.15) is 0 Å². The standard InChI is InChI=1S/C13H16Cl2N2O2/c1-9(17-5-7-19-8-6-17)13(18)16-12-10(14)3-2-4-11(12)15/h2-4,9H,5-8H2,1H3,(H,16,18)/p+1/t9-/m1/s1. The van der Waals surface area contributed by atoms with Crippen LogP contribution in [0.25, 0.3) is 0 Å².